The Morgan fingerprint density at radius 3 is 2.38 bits per heavy atom. The molecular weight excluding hydrogens is 187 g/mol. The van der Waals surface area contributed by atoms with Crippen LogP contribution in [0.1, 0.15) is 6.42 Å². The summed E-state index contributed by atoms with van der Waals surface area (Å²) >= 11 is 0. The predicted molar refractivity (Wildman–Crippen MR) is 40.7 cm³/mol. The maximum atomic E-state index is 12.6. The lowest BCUT2D eigenvalue weighted by Gasteiger charge is -2.17. The minimum atomic E-state index is -3.30. The summed E-state index contributed by atoms with van der Waals surface area (Å²) in [5.41, 5.74) is 9.49. The minimum absolute atomic E-state index is 0.436. The molecule has 0 aromatic rings. The first-order chi connectivity index (χ1) is 5.91. The molecule has 0 aliphatic rings. The van der Waals surface area contributed by atoms with Crippen LogP contribution in [0.25, 0.3) is 0 Å². The van der Waals surface area contributed by atoms with E-state index in [-0.39, 0.29) is 0 Å². The van der Waals surface area contributed by atoms with E-state index < -0.39 is 37.6 Å². The summed E-state index contributed by atoms with van der Waals surface area (Å²) < 4.78 is 37.4. The number of carbonyl (C=O) groups excluding carboxylic acids is 1. The number of halogens is 3. The van der Waals surface area contributed by atoms with E-state index in [0.29, 0.717) is 0 Å². The molecule has 0 aliphatic heterocycles. The first kappa shape index (κ1) is 12.2. The van der Waals surface area contributed by atoms with E-state index in [1.165, 1.54) is 0 Å². The second-order valence-electron chi connectivity index (χ2n) is 2.50. The second kappa shape index (κ2) is 5.03. The van der Waals surface area contributed by atoms with Crippen LogP contribution in [-0.4, -0.2) is 31.2 Å². The van der Waals surface area contributed by atoms with Gasteiger partial charge in [0.2, 0.25) is 5.91 Å². The molecule has 1 atom stereocenters. The number of hydrogen-bond acceptors (Lipinski definition) is 3. The van der Waals surface area contributed by atoms with E-state index in [9.17, 15) is 18.0 Å². The smallest absolute Gasteiger partial charge is 0.264 e. The fourth-order valence-corrected chi connectivity index (χ4v) is 0.630. The molecule has 0 aromatic carbocycles. The summed E-state index contributed by atoms with van der Waals surface area (Å²) in [6, 6.07) is 0. The van der Waals surface area contributed by atoms with Crippen molar-refractivity contribution in [2.75, 3.05) is 13.1 Å². The average Bonchev–Trinajstić information content (AvgIpc) is 2.03. The van der Waals surface area contributed by atoms with E-state index in [1.807, 2.05) is 0 Å². The Hall–Kier alpha value is -0.820. The number of nitrogens with two attached hydrogens (primary N) is 2. The highest BCUT2D eigenvalue weighted by Gasteiger charge is 2.31. The molecule has 0 aliphatic carbocycles. The van der Waals surface area contributed by atoms with Crippen molar-refractivity contribution in [2.24, 2.45) is 11.5 Å². The van der Waals surface area contributed by atoms with Crippen LogP contribution >= 0.6 is 0 Å². The largest absolute Gasteiger partial charge is 0.325 e. The highest BCUT2D eigenvalue weighted by Crippen LogP contribution is 2.18. The van der Waals surface area contributed by atoms with Crippen LogP contribution in [0.4, 0.5) is 13.2 Å². The molecule has 0 spiro atoms. The van der Waals surface area contributed by atoms with Crippen molar-refractivity contribution >= 4 is 5.91 Å². The van der Waals surface area contributed by atoms with Crippen molar-refractivity contribution in [3.8, 4) is 0 Å². The number of carbonyl (C=O) groups is 1. The summed E-state index contributed by atoms with van der Waals surface area (Å²) in [6.45, 7) is -1.39. The van der Waals surface area contributed by atoms with Crippen LogP contribution in [0.5, 0.6) is 0 Å². The zero-order valence-corrected chi connectivity index (χ0v) is 6.90. The molecule has 13 heavy (non-hydrogen) atoms. The quantitative estimate of drug-likeness (QED) is 0.514. The number of nitrogens with one attached hydrogen (secondary N) is 1. The van der Waals surface area contributed by atoms with Crippen molar-refractivity contribution in [3.63, 3.8) is 0 Å². The summed E-state index contributed by atoms with van der Waals surface area (Å²) in [7, 11) is 0. The van der Waals surface area contributed by atoms with Gasteiger partial charge in [-0.15, -0.1) is 0 Å². The van der Waals surface area contributed by atoms with Crippen molar-refractivity contribution in [1.82, 2.24) is 5.32 Å². The molecule has 5 N–H and O–H groups in total. The van der Waals surface area contributed by atoms with E-state index in [1.54, 1.807) is 5.32 Å². The molecule has 78 valence electrons. The Morgan fingerprint density at radius 1 is 1.46 bits per heavy atom. The highest BCUT2D eigenvalue weighted by atomic mass is 19.3. The highest BCUT2D eigenvalue weighted by molar-refractivity contribution is 5.77. The summed E-state index contributed by atoms with van der Waals surface area (Å²) in [6.07, 6.45) is -3.25. The fourth-order valence-electron chi connectivity index (χ4n) is 0.630. The third kappa shape index (κ3) is 5.42. The van der Waals surface area contributed by atoms with Crippen LogP contribution < -0.4 is 16.8 Å². The Bertz CT molecular complexity index is 177. The second-order valence-corrected chi connectivity index (χ2v) is 2.50. The van der Waals surface area contributed by atoms with Gasteiger partial charge in [0.05, 0.1) is 19.5 Å². The lowest BCUT2D eigenvalue weighted by molar-refractivity contribution is -0.122. The first-order valence-electron chi connectivity index (χ1n) is 3.62. The van der Waals surface area contributed by atoms with Gasteiger partial charge < -0.3 is 16.8 Å². The monoisotopic (exact) mass is 199 g/mol. The zero-order valence-electron chi connectivity index (χ0n) is 6.90. The lowest BCUT2D eigenvalue weighted by Crippen LogP contribution is -2.41. The average molecular weight is 199 g/mol. The van der Waals surface area contributed by atoms with Gasteiger partial charge in [-0.2, -0.15) is 0 Å². The molecular formula is C6H12F3N3O. The third-order valence-corrected chi connectivity index (χ3v) is 1.28. The van der Waals surface area contributed by atoms with Gasteiger partial charge in [0.25, 0.3) is 5.92 Å². The Kier molecular flexibility index (Phi) is 4.71. The van der Waals surface area contributed by atoms with Gasteiger partial charge in [-0.3, -0.25) is 4.79 Å². The van der Waals surface area contributed by atoms with Crippen LogP contribution in [0.3, 0.4) is 0 Å². The Balaban J connectivity index is 3.86. The number of alkyl halides is 3. The van der Waals surface area contributed by atoms with Crippen molar-refractivity contribution in [3.05, 3.63) is 0 Å². The molecule has 4 nitrogen and oxygen atoms in total. The van der Waals surface area contributed by atoms with Gasteiger partial charge in [-0.05, 0) is 0 Å². The molecule has 0 saturated carbocycles. The molecule has 0 radical (unpaired) electrons. The van der Waals surface area contributed by atoms with Gasteiger partial charge in [0.1, 0.15) is 0 Å². The Labute approximate surface area is 73.5 Å². The summed E-state index contributed by atoms with van der Waals surface area (Å²) in [5.74, 6) is -4.12. The summed E-state index contributed by atoms with van der Waals surface area (Å²) in [5, 5.41) is 1.65. The van der Waals surface area contributed by atoms with Gasteiger partial charge >= 0.3 is 0 Å². The Morgan fingerprint density at radius 2 is 2.00 bits per heavy atom. The molecule has 0 aromatic heterocycles. The molecule has 0 heterocycles. The minimum Gasteiger partial charge on any atom is -0.325 e. The molecule has 0 saturated heterocycles. The van der Waals surface area contributed by atoms with Crippen LogP contribution in [-0.2, 0) is 4.79 Å². The zero-order chi connectivity index (χ0) is 10.5. The summed E-state index contributed by atoms with van der Waals surface area (Å²) in [4.78, 5) is 10.4. The number of amides is 1. The van der Waals surface area contributed by atoms with Gasteiger partial charge in [-0.25, -0.2) is 13.2 Å². The van der Waals surface area contributed by atoms with Crippen LogP contribution in [0, 0.1) is 0 Å². The lowest BCUT2D eigenvalue weighted by atomic mass is 10.2. The van der Waals surface area contributed by atoms with E-state index in [2.05, 4.69) is 5.73 Å². The standard InChI is InChI=1S/C6H12F3N3O/c7-4(12-5(13)2-10)1-6(8,9)3-11/h4H,1-3,10-11H2,(H,12,13). The first-order valence-corrected chi connectivity index (χ1v) is 3.62. The van der Waals surface area contributed by atoms with Gasteiger partial charge in [-0.1, -0.05) is 0 Å². The molecule has 0 fully saturated rings. The maximum Gasteiger partial charge on any atom is 0.264 e. The van der Waals surface area contributed by atoms with Crippen molar-refractivity contribution in [2.45, 2.75) is 18.6 Å². The molecule has 0 rings (SSSR count). The predicted octanol–water partition coefficient (Wildman–Crippen LogP) is -0.659. The van der Waals surface area contributed by atoms with Crippen LogP contribution in [0.2, 0.25) is 0 Å². The number of rotatable bonds is 5. The fraction of sp³-hybridized carbons (Fsp3) is 0.833. The maximum absolute atomic E-state index is 12.6. The molecule has 1 unspecified atom stereocenters. The van der Waals surface area contributed by atoms with Crippen molar-refractivity contribution < 1.29 is 18.0 Å². The molecule has 1 amide bonds. The molecule has 7 heteroatoms. The van der Waals surface area contributed by atoms with E-state index >= 15 is 0 Å². The topological polar surface area (TPSA) is 81.1 Å². The van der Waals surface area contributed by atoms with Crippen molar-refractivity contribution in [1.29, 1.82) is 0 Å². The number of hydrogen-bond donors (Lipinski definition) is 3. The van der Waals surface area contributed by atoms with E-state index in [0.717, 1.165) is 0 Å². The third-order valence-electron chi connectivity index (χ3n) is 1.28. The van der Waals surface area contributed by atoms with Gasteiger partial charge in [0, 0.05) is 0 Å². The SMILES string of the molecule is NCC(=O)NC(F)CC(F)(F)CN. The van der Waals surface area contributed by atoms with E-state index in [4.69, 9.17) is 5.73 Å². The van der Waals surface area contributed by atoms with Crippen LogP contribution in [0.15, 0.2) is 0 Å². The normalized spacial score (nSPS) is 13.9. The van der Waals surface area contributed by atoms with Gasteiger partial charge in [0.15, 0.2) is 6.30 Å². The molecule has 0 bridgehead atoms.